The number of nitrogens with zero attached hydrogens (tertiary/aromatic N) is 3. The zero-order valence-electron chi connectivity index (χ0n) is 17.1. The number of rotatable bonds is 10. The maximum Gasteiger partial charge on any atom is 0.162 e. The molecular formula is C23H29N3OS. The van der Waals surface area contributed by atoms with Gasteiger partial charge in [0.15, 0.2) is 5.78 Å². The van der Waals surface area contributed by atoms with Crippen LogP contribution in [0.15, 0.2) is 36.5 Å². The van der Waals surface area contributed by atoms with Gasteiger partial charge in [-0.2, -0.15) is 0 Å². The van der Waals surface area contributed by atoms with Crippen molar-refractivity contribution in [2.24, 2.45) is 0 Å². The van der Waals surface area contributed by atoms with E-state index in [0.717, 1.165) is 70.9 Å². The van der Waals surface area contributed by atoms with Crippen molar-refractivity contribution < 1.29 is 4.79 Å². The van der Waals surface area contributed by atoms with Crippen LogP contribution in [-0.2, 0) is 0 Å². The normalized spacial score (nSPS) is 11.1. The van der Waals surface area contributed by atoms with E-state index in [0.29, 0.717) is 6.42 Å². The third-order valence-corrected chi connectivity index (χ3v) is 5.84. The molecule has 3 aromatic rings. The molecule has 0 aliphatic heterocycles. The van der Waals surface area contributed by atoms with Gasteiger partial charge in [0.1, 0.15) is 10.8 Å². The zero-order chi connectivity index (χ0) is 19.9. The summed E-state index contributed by atoms with van der Waals surface area (Å²) in [7, 11) is 0. The fraction of sp³-hybridized carbons (Fsp3) is 0.435. The Hall–Kier alpha value is -2.27. The van der Waals surface area contributed by atoms with Crippen molar-refractivity contribution >= 4 is 33.2 Å². The second-order valence-electron chi connectivity index (χ2n) is 7.12. The monoisotopic (exact) mass is 395 g/mol. The van der Waals surface area contributed by atoms with E-state index in [9.17, 15) is 4.79 Å². The number of hydrogen-bond donors (Lipinski definition) is 0. The maximum atomic E-state index is 12.3. The van der Waals surface area contributed by atoms with Crippen LogP contribution in [0.4, 0.5) is 5.82 Å². The highest BCUT2D eigenvalue weighted by Gasteiger charge is 2.12. The number of pyridine rings is 1. The third-order valence-electron chi connectivity index (χ3n) is 4.77. The van der Waals surface area contributed by atoms with Crippen LogP contribution < -0.4 is 4.90 Å². The maximum absolute atomic E-state index is 12.3. The standard InChI is InChI=1S/C23H29N3OS/c1-4-7-8-20(27)17-9-11-19-21(15-17)28-23(25-19)18-10-12-22(24-16-18)26(13-5-2)14-6-3/h9-12,15-16H,4-8,13-14H2,1-3H3. The van der Waals surface area contributed by atoms with Crippen LogP contribution in [-0.4, -0.2) is 28.8 Å². The van der Waals surface area contributed by atoms with Crippen molar-refractivity contribution in [1.82, 2.24) is 9.97 Å². The first kappa shape index (κ1) is 20.5. The van der Waals surface area contributed by atoms with E-state index < -0.39 is 0 Å². The molecule has 0 aliphatic rings. The molecule has 1 aromatic carbocycles. The van der Waals surface area contributed by atoms with E-state index in [1.807, 2.05) is 24.4 Å². The Bertz CT molecular complexity index is 911. The lowest BCUT2D eigenvalue weighted by Crippen LogP contribution is -2.25. The lowest BCUT2D eigenvalue weighted by molar-refractivity contribution is 0.0980. The Balaban J connectivity index is 1.82. The second kappa shape index (κ2) is 9.78. The molecule has 4 nitrogen and oxygen atoms in total. The summed E-state index contributed by atoms with van der Waals surface area (Å²) in [4.78, 5) is 24.1. The Morgan fingerprint density at radius 3 is 2.46 bits per heavy atom. The predicted molar refractivity (Wildman–Crippen MR) is 120 cm³/mol. The number of carbonyl (C=O) groups excluding carboxylic acids is 1. The van der Waals surface area contributed by atoms with E-state index >= 15 is 0 Å². The van der Waals surface area contributed by atoms with Crippen LogP contribution in [0.25, 0.3) is 20.8 Å². The van der Waals surface area contributed by atoms with Crippen LogP contribution >= 0.6 is 11.3 Å². The van der Waals surface area contributed by atoms with Crippen molar-refractivity contribution in [3.63, 3.8) is 0 Å². The molecular weight excluding hydrogens is 366 g/mol. The molecule has 0 N–H and O–H groups in total. The van der Waals surface area contributed by atoms with Gasteiger partial charge in [-0.05, 0) is 49.6 Å². The number of unbranched alkanes of at least 4 members (excludes halogenated alkanes) is 1. The van der Waals surface area contributed by atoms with E-state index in [1.165, 1.54) is 0 Å². The van der Waals surface area contributed by atoms with Gasteiger partial charge < -0.3 is 4.90 Å². The van der Waals surface area contributed by atoms with E-state index in [2.05, 4.69) is 42.8 Å². The summed E-state index contributed by atoms with van der Waals surface area (Å²) in [5.74, 6) is 1.24. The molecule has 0 radical (unpaired) electrons. The van der Waals surface area contributed by atoms with E-state index in [4.69, 9.17) is 4.98 Å². The van der Waals surface area contributed by atoms with Crippen molar-refractivity contribution in [1.29, 1.82) is 0 Å². The van der Waals surface area contributed by atoms with Gasteiger partial charge in [-0.15, -0.1) is 11.3 Å². The van der Waals surface area contributed by atoms with E-state index in [1.54, 1.807) is 11.3 Å². The molecule has 0 bridgehead atoms. The van der Waals surface area contributed by atoms with Crippen LogP contribution in [0, 0.1) is 0 Å². The van der Waals surface area contributed by atoms with Gasteiger partial charge in [-0.1, -0.05) is 27.2 Å². The molecule has 0 fully saturated rings. The number of fused-ring (bicyclic) bond motifs is 1. The van der Waals surface area contributed by atoms with Crippen molar-refractivity contribution in [2.45, 2.75) is 52.9 Å². The van der Waals surface area contributed by atoms with Gasteiger partial charge in [0, 0.05) is 36.8 Å². The first-order chi connectivity index (χ1) is 13.7. The Morgan fingerprint density at radius 2 is 1.82 bits per heavy atom. The quantitative estimate of drug-likeness (QED) is 0.375. The molecule has 28 heavy (non-hydrogen) atoms. The van der Waals surface area contributed by atoms with Crippen molar-refractivity contribution in [3.05, 3.63) is 42.1 Å². The minimum atomic E-state index is 0.219. The molecule has 0 unspecified atom stereocenters. The average Bonchev–Trinajstić information content (AvgIpc) is 3.15. The van der Waals surface area contributed by atoms with Gasteiger partial charge in [0.25, 0.3) is 0 Å². The molecule has 0 saturated carbocycles. The number of anilines is 1. The summed E-state index contributed by atoms with van der Waals surface area (Å²) < 4.78 is 1.06. The van der Waals surface area contributed by atoms with Crippen LogP contribution in [0.5, 0.6) is 0 Å². The molecule has 3 rings (SSSR count). The molecule has 0 atom stereocenters. The Morgan fingerprint density at radius 1 is 1.04 bits per heavy atom. The smallest absolute Gasteiger partial charge is 0.162 e. The van der Waals surface area contributed by atoms with Crippen molar-refractivity contribution in [3.8, 4) is 10.6 Å². The lowest BCUT2D eigenvalue weighted by atomic mass is 10.1. The minimum absolute atomic E-state index is 0.219. The number of hydrogen-bond acceptors (Lipinski definition) is 5. The van der Waals surface area contributed by atoms with Crippen LogP contribution in [0.2, 0.25) is 0 Å². The predicted octanol–water partition coefficient (Wildman–Crippen LogP) is 6.36. The second-order valence-corrected chi connectivity index (χ2v) is 8.15. The number of benzene rings is 1. The SMILES string of the molecule is CCCCC(=O)c1ccc2nc(-c3ccc(N(CCC)CCC)nc3)sc2c1. The summed E-state index contributed by atoms with van der Waals surface area (Å²) in [5.41, 5.74) is 2.76. The topological polar surface area (TPSA) is 46.1 Å². The molecule has 148 valence electrons. The van der Waals surface area contributed by atoms with E-state index in [-0.39, 0.29) is 5.78 Å². The molecule has 0 saturated heterocycles. The van der Waals surface area contributed by atoms with Gasteiger partial charge in [0.05, 0.1) is 10.2 Å². The molecule has 2 aromatic heterocycles. The number of aromatic nitrogens is 2. The van der Waals surface area contributed by atoms with Crippen molar-refractivity contribution in [2.75, 3.05) is 18.0 Å². The van der Waals surface area contributed by atoms with Gasteiger partial charge in [0.2, 0.25) is 0 Å². The average molecular weight is 396 g/mol. The molecule has 2 heterocycles. The Kier molecular flexibility index (Phi) is 7.15. The lowest BCUT2D eigenvalue weighted by Gasteiger charge is -2.22. The summed E-state index contributed by atoms with van der Waals surface area (Å²) in [6.45, 7) is 8.54. The zero-order valence-corrected chi connectivity index (χ0v) is 17.9. The highest BCUT2D eigenvalue weighted by Crippen LogP contribution is 2.31. The minimum Gasteiger partial charge on any atom is -0.357 e. The first-order valence-electron chi connectivity index (χ1n) is 10.3. The summed E-state index contributed by atoms with van der Waals surface area (Å²) in [6.07, 6.45) is 6.73. The van der Waals surface area contributed by atoms with Gasteiger partial charge in [-0.3, -0.25) is 4.79 Å². The number of thiazole rings is 1. The summed E-state index contributed by atoms with van der Waals surface area (Å²) in [6, 6.07) is 10.0. The number of carbonyl (C=O) groups is 1. The molecule has 5 heteroatoms. The highest BCUT2D eigenvalue weighted by atomic mass is 32.1. The third kappa shape index (κ3) is 4.76. The van der Waals surface area contributed by atoms with Crippen LogP contribution in [0.1, 0.15) is 63.2 Å². The Labute approximate surface area is 171 Å². The fourth-order valence-electron chi connectivity index (χ4n) is 3.28. The highest BCUT2D eigenvalue weighted by molar-refractivity contribution is 7.21. The molecule has 0 aliphatic carbocycles. The summed E-state index contributed by atoms with van der Waals surface area (Å²) in [5, 5.41) is 0.949. The largest absolute Gasteiger partial charge is 0.357 e. The van der Waals surface area contributed by atoms with Gasteiger partial charge >= 0.3 is 0 Å². The summed E-state index contributed by atoms with van der Waals surface area (Å²) >= 11 is 1.62. The number of ketones is 1. The molecule has 0 amide bonds. The molecule has 0 spiro atoms. The number of Topliss-reactive ketones (excluding diaryl/α,β-unsaturated/α-hetero) is 1. The fourth-order valence-corrected chi connectivity index (χ4v) is 4.28. The van der Waals surface area contributed by atoms with Gasteiger partial charge in [-0.25, -0.2) is 9.97 Å². The first-order valence-corrected chi connectivity index (χ1v) is 11.1. The van der Waals surface area contributed by atoms with Crippen LogP contribution in [0.3, 0.4) is 0 Å².